The number of nitrogens with one attached hydrogen (secondary N) is 1. The van der Waals surface area contributed by atoms with E-state index in [9.17, 15) is 0 Å². The molecule has 2 rings (SSSR count). The van der Waals surface area contributed by atoms with Crippen LogP contribution in [0.5, 0.6) is 0 Å². The summed E-state index contributed by atoms with van der Waals surface area (Å²) in [4.78, 5) is 2.65. The lowest BCUT2D eigenvalue weighted by atomic mass is 9.82. The van der Waals surface area contributed by atoms with Crippen molar-refractivity contribution in [3.63, 3.8) is 0 Å². The van der Waals surface area contributed by atoms with Crippen LogP contribution in [-0.4, -0.2) is 49.8 Å². The van der Waals surface area contributed by atoms with Crippen molar-refractivity contribution >= 4 is 0 Å². The van der Waals surface area contributed by atoms with Gasteiger partial charge in [0, 0.05) is 38.8 Å². The molecule has 1 aliphatic heterocycles. The Balaban J connectivity index is 1.84. The molecular weight excluding hydrogens is 200 g/mol. The monoisotopic (exact) mass is 226 g/mol. The van der Waals surface area contributed by atoms with Crippen molar-refractivity contribution in [2.24, 2.45) is 5.41 Å². The average Bonchev–Trinajstić information content (AvgIpc) is 2.15. The molecule has 94 valence electrons. The van der Waals surface area contributed by atoms with Gasteiger partial charge in [0.05, 0.1) is 6.10 Å². The number of piperazine rings is 1. The van der Waals surface area contributed by atoms with Crippen LogP contribution in [0.4, 0.5) is 0 Å². The van der Waals surface area contributed by atoms with Gasteiger partial charge in [-0.1, -0.05) is 20.8 Å². The van der Waals surface area contributed by atoms with E-state index in [2.05, 4.69) is 31.0 Å². The first-order valence-electron chi connectivity index (χ1n) is 6.51. The number of hydrogen-bond donors (Lipinski definition) is 1. The highest BCUT2D eigenvalue weighted by Gasteiger charge is 2.37. The normalized spacial score (nSPS) is 37.1. The predicted molar refractivity (Wildman–Crippen MR) is 66.6 cm³/mol. The van der Waals surface area contributed by atoms with Gasteiger partial charge in [-0.25, -0.2) is 0 Å². The largest absolute Gasteiger partial charge is 0.381 e. The van der Waals surface area contributed by atoms with Gasteiger partial charge >= 0.3 is 0 Å². The van der Waals surface area contributed by atoms with Crippen molar-refractivity contribution in [1.82, 2.24) is 10.2 Å². The number of hydrogen-bond acceptors (Lipinski definition) is 3. The number of rotatable bonds is 2. The Labute approximate surface area is 99.5 Å². The summed E-state index contributed by atoms with van der Waals surface area (Å²) in [6.45, 7) is 10.5. The molecule has 1 saturated heterocycles. The summed E-state index contributed by atoms with van der Waals surface area (Å²) in [5.41, 5.74) is 0.364. The zero-order chi connectivity index (χ0) is 11.8. The van der Waals surface area contributed by atoms with Gasteiger partial charge < -0.3 is 10.1 Å². The van der Waals surface area contributed by atoms with Crippen LogP contribution in [0.3, 0.4) is 0 Å². The lowest BCUT2D eigenvalue weighted by Gasteiger charge is -2.48. The molecule has 0 aromatic heterocycles. The fraction of sp³-hybridized carbons (Fsp3) is 1.00. The van der Waals surface area contributed by atoms with Crippen LogP contribution in [0.15, 0.2) is 0 Å². The van der Waals surface area contributed by atoms with Gasteiger partial charge in [0.1, 0.15) is 0 Å². The molecule has 1 aliphatic carbocycles. The van der Waals surface area contributed by atoms with E-state index >= 15 is 0 Å². The van der Waals surface area contributed by atoms with Gasteiger partial charge in [-0.15, -0.1) is 0 Å². The molecular formula is C13H26N2O. The van der Waals surface area contributed by atoms with E-state index < -0.39 is 0 Å². The molecule has 3 nitrogen and oxygen atoms in total. The Kier molecular flexibility index (Phi) is 3.57. The Morgan fingerprint density at radius 1 is 1.25 bits per heavy atom. The molecule has 0 aromatic carbocycles. The molecule has 3 heteroatoms. The second-order valence-electron chi connectivity index (χ2n) is 6.35. The third-order valence-electron chi connectivity index (χ3n) is 4.17. The van der Waals surface area contributed by atoms with Crippen molar-refractivity contribution in [3.05, 3.63) is 0 Å². The van der Waals surface area contributed by atoms with Crippen LogP contribution < -0.4 is 5.32 Å². The minimum absolute atomic E-state index is 0.364. The molecule has 1 N–H and O–H groups in total. The lowest BCUT2D eigenvalue weighted by Crippen LogP contribution is -2.61. The van der Waals surface area contributed by atoms with Gasteiger partial charge in [0.25, 0.3) is 0 Å². The summed E-state index contributed by atoms with van der Waals surface area (Å²) in [5.74, 6) is 0. The molecule has 2 fully saturated rings. The molecule has 0 amide bonds. The molecule has 1 heterocycles. The van der Waals surface area contributed by atoms with Gasteiger partial charge in [0.15, 0.2) is 0 Å². The fourth-order valence-electron chi connectivity index (χ4n) is 2.71. The molecule has 0 aromatic rings. The van der Waals surface area contributed by atoms with E-state index in [1.807, 2.05) is 7.11 Å². The summed E-state index contributed by atoms with van der Waals surface area (Å²) >= 11 is 0. The highest BCUT2D eigenvalue weighted by atomic mass is 16.5. The smallest absolute Gasteiger partial charge is 0.0601 e. The second-order valence-corrected chi connectivity index (χ2v) is 6.35. The quantitative estimate of drug-likeness (QED) is 0.772. The highest BCUT2D eigenvalue weighted by molar-refractivity contribution is 4.94. The van der Waals surface area contributed by atoms with Gasteiger partial charge in [-0.2, -0.15) is 0 Å². The molecule has 0 spiro atoms. The lowest BCUT2D eigenvalue weighted by molar-refractivity contribution is -0.0400. The topological polar surface area (TPSA) is 24.5 Å². The standard InChI is InChI=1S/C13H26N2O/c1-13(2,3)12-9-15(6-5-14-12)10-7-11(8-10)16-4/h10-12,14H,5-9H2,1-4H3. The maximum Gasteiger partial charge on any atom is 0.0601 e. The van der Waals surface area contributed by atoms with E-state index in [1.54, 1.807) is 0 Å². The van der Waals surface area contributed by atoms with Gasteiger partial charge in [-0.05, 0) is 18.3 Å². The van der Waals surface area contributed by atoms with Crippen molar-refractivity contribution in [2.75, 3.05) is 26.7 Å². The minimum Gasteiger partial charge on any atom is -0.381 e. The summed E-state index contributed by atoms with van der Waals surface area (Å²) in [5, 5.41) is 3.64. The summed E-state index contributed by atoms with van der Waals surface area (Å²) < 4.78 is 5.36. The second kappa shape index (κ2) is 4.63. The third kappa shape index (κ3) is 2.58. The molecule has 16 heavy (non-hydrogen) atoms. The average molecular weight is 226 g/mol. The van der Waals surface area contributed by atoms with E-state index in [-0.39, 0.29) is 0 Å². The van der Waals surface area contributed by atoms with Crippen LogP contribution in [0, 0.1) is 5.41 Å². The molecule has 1 atom stereocenters. The molecule has 0 bridgehead atoms. The first kappa shape index (κ1) is 12.3. The summed E-state index contributed by atoms with van der Waals surface area (Å²) in [7, 11) is 1.83. The first-order valence-corrected chi connectivity index (χ1v) is 6.51. The van der Waals surface area contributed by atoms with E-state index in [1.165, 1.54) is 25.9 Å². The van der Waals surface area contributed by atoms with Crippen molar-refractivity contribution in [3.8, 4) is 0 Å². The van der Waals surface area contributed by atoms with Crippen molar-refractivity contribution in [1.29, 1.82) is 0 Å². The Bertz CT molecular complexity index is 231. The zero-order valence-electron chi connectivity index (χ0n) is 11.1. The fourth-order valence-corrected chi connectivity index (χ4v) is 2.71. The van der Waals surface area contributed by atoms with Crippen LogP contribution in [-0.2, 0) is 4.74 Å². The molecule has 1 unspecified atom stereocenters. The Morgan fingerprint density at radius 3 is 2.50 bits per heavy atom. The minimum atomic E-state index is 0.364. The van der Waals surface area contributed by atoms with Crippen LogP contribution in [0.1, 0.15) is 33.6 Å². The van der Waals surface area contributed by atoms with Crippen molar-refractivity contribution < 1.29 is 4.74 Å². The third-order valence-corrected chi connectivity index (χ3v) is 4.17. The Hall–Kier alpha value is -0.120. The van der Waals surface area contributed by atoms with Gasteiger partial charge in [0.2, 0.25) is 0 Å². The maximum atomic E-state index is 5.36. The number of ether oxygens (including phenoxy) is 1. The van der Waals surface area contributed by atoms with E-state index in [4.69, 9.17) is 4.74 Å². The molecule has 0 radical (unpaired) electrons. The summed E-state index contributed by atoms with van der Waals surface area (Å²) in [6.07, 6.45) is 2.98. The van der Waals surface area contributed by atoms with Crippen LogP contribution >= 0.6 is 0 Å². The predicted octanol–water partition coefficient (Wildman–Crippen LogP) is 1.48. The highest BCUT2D eigenvalue weighted by Crippen LogP contribution is 2.30. The van der Waals surface area contributed by atoms with Gasteiger partial charge in [-0.3, -0.25) is 4.90 Å². The van der Waals surface area contributed by atoms with E-state index in [0.29, 0.717) is 17.6 Å². The zero-order valence-corrected chi connectivity index (χ0v) is 11.1. The number of nitrogens with zero attached hydrogens (tertiary/aromatic N) is 1. The van der Waals surface area contributed by atoms with Crippen LogP contribution in [0.25, 0.3) is 0 Å². The Morgan fingerprint density at radius 2 is 1.94 bits per heavy atom. The molecule has 1 saturated carbocycles. The van der Waals surface area contributed by atoms with Crippen LogP contribution in [0.2, 0.25) is 0 Å². The molecule has 2 aliphatic rings. The van der Waals surface area contributed by atoms with Crippen molar-refractivity contribution in [2.45, 2.75) is 51.8 Å². The van der Waals surface area contributed by atoms with E-state index in [0.717, 1.165) is 12.6 Å². The SMILES string of the molecule is COC1CC(N2CCNC(C(C)(C)C)C2)C1. The summed E-state index contributed by atoms with van der Waals surface area (Å²) in [6, 6.07) is 1.40. The number of methoxy groups -OCH3 is 1. The first-order chi connectivity index (χ1) is 7.50. The maximum absolute atomic E-state index is 5.36.